The maximum Gasteiger partial charge on any atom is 0.244 e. The molecule has 0 bridgehead atoms. The number of hydrogen-bond donors (Lipinski definition) is 1. The first-order valence-electron chi connectivity index (χ1n) is 8.40. The van der Waals surface area contributed by atoms with E-state index in [1.807, 2.05) is 0 Å². The highest BCUT2D eigenvalue weighted by Crippen LogP contribution is 2.44. The van der Waals surface area contributed by atoms with Crippen molar-refractivity contribution in [2.24, 2.45) is 5.92 Å². The van der Waals surface area contributed by atoms with Crippen LogP contribution in [0, 0.1) is 5.92 Å². The third kappa shape index (κ3) is 2.37. The second-order valence-electron chi connectivity index (χ2n) is 7.20. The smallest absolute Gasteiger partial charge is 0.244 e. The van der Waals surface area contributed by atoms with Crippen LogP contribution in [0.3, 0.4) is 0 Å². The first-order chi connectivity index (χ1) is 9.57. The molecular formula is C16H29N3O. The molecule has 1 N–H and O–H groups in total. The Morgan fingerprint density at radius 2 is 1.95 bits per heavy atom. The van der Waals surface area contributed by atoms with Crippen LogP contribution in [0.25, 0.3) is 0 Å². The number of likely N-dealkylation sites (tertiary alicyclic amines) is 1. The Balaban J connectivity index is 1.67. The number of carbonyl (C=O) groups is 1. The molecule has 1 aliphatic carbocycles. The quantitative estimate of drug-likeness (QED) is 0.852. The van der Waals surface area contributed by atoms with Crippen LogP contribution < -0.4 is 5.32 Å². The van der Waals surface area contributed by atoms with Gasteiger partial charge in [-0.25, -0.2) is 0 Å². The Morgan fingerprint density at radius 1 is 1.30 bits per heavy atom. The number of nitrogens with zero attached hydrogens (tertiary/aromatic N) is 2. The summed E-state index contributed by atoms with van der Waals surface area (Å²) in [6.45, 7) is 10.2. The lowest BCUT2D eigenvalue weighted by molar-refractivity contribution is -0.134. The molecule has 0 radical (unpaired) electrons. The van der Waals surface area contributed by atoms with Gasteiger partial charge >= 0.3 is 0 Å². The highest BCUT2D eigenvalue weighted by molar-refractivity contribution is 5.92. The molecule has 0 aromatic rings. The molecule has 3 fully saturated rings. The Morgan fingerprint density at radius 3 is 2.45 bits per heavy atom. The predicted molar refractivity (Wildman–Crippen MR) is 80.3 cm³/mol. The topological polar surface area (TPSA) is 35.6 Å². The summed E-state index contributed by atoms with van der Waals surface area (Å²) in [6.07, 6.45) is 5.86. The maximum atomic E-state index is 12.8. The van der Waals surface area contributed by atoms with Crippen molar-refractivity contribution < 1.29 is 4.79 Å². The van der Waals surface area contributed by atoms with Crippen LogP contribution in [0.5, 0.6) is 0 Å². The van der Waals surface area contributed by atoms with Crippen LogP contribution in [0.2, 0.25) is 0 Å². The van der Waals surface area contributed by atoms with Gasteiger partial charge in [-0.3, -0.25) is 10.1 Å². The van der Waals surface area contributed by atoms with E-state index >= 15 is 0 Å². The van der Waals surface area contributed by atoms with Crippen molar-refractivity contribution in [2.75, 3.05) is 19.6 Å². The third-order valence-electron chi connectivity index (χ3n) is 5.24. The average Bonchev–Trinajstić information content (AvgIpc) is 3.14. The van der Waals surface area contributed by atoms with E-state index in [1.54, 1.807) is 0 Å². The van der Waals surface area contributed by atoms with Gasteiger partial charge in [-0.05, 0) is 44.6 Å². The first-order valence-corrected chi connectivity index (χ1v) is 8.40. The summed E-state index contributed by atoms with van der Waals surface area (Å²) in [5.74, 6) is 0.887. The molecule has 1 saturated carbocycles. The van der Waals surface area contributed by atoms with Crippen molar-refractivity contribution >= 4 is 5.91 Å². The lowest BCUT2D eigenvalue weighted by Crippen LogP contribution is -2.51. The average molecular weight is 279 g/mol. The Hall–Kier alpha value is -0.610. The number of nitrogens with one attached hydrogen (secondary N) is 1. The number of amides is 1. The van der Waals surface area contributed by atoms with E-state index in [-0.39, 0.29) is 11.7 Å². The Kier molecular flexibility index (Phi) is 3.80. The van der Waals surface area contributed by atoms with Crippen molar-refractivity contribution in [1.29, 1.82) is 0 Å². The highest BCUT2D eigenvalue weighted by Gasteiger charge is 2.60. The number of rotatable bonds is 4. The summed E-state index contributed by atoms with van der Waals surface area (Å²) in [7, 11) is 0. The fraction of sp³-hybridized carbons (Fsp3) is 0.938. The van der Waals surface area contributed by atoms with E-state index in [9.17, 15) is 4.79 Å². The molecule has 2 saturated heterocycles. The molecule has 2 aliphatic heterocycles. The fourth-order valence-corrected chi connectivity index (χ4v) is 3.89. The lowest BCUT2D eigenvalue weighted by Gasteiger charge is -2.40. The van der Waals surface area contributed by atoms with Crippen molar-refractivity contribution in [3.63, 3.8) is 0 Å². The molecule has 1 atom stereocenters. The molecular weight excluding hydrogens is 250 g/mol. The molecule has 4 heteroatoms. The molecule has 1 amide bonds. The number of hydrogen-bond acceptors (Lipinski definition) is 3. The molecule has 0 aromatic heterocycles. The fourth-order valence-electron chi connectivity index (χ4n) is 3.89. The standard InChI is InChI=1S/C16H29N3O/c1-4-9-18-10-5-13(6-11-18)19-14(12(2)3)17-16(7-8-16)15(19)20/h12-14,17H,4-11H2,1-3H3. The van der Waals surface area contributed by atoms with E-state index in [4.69, 9.17) is 0 Å². The van der Waals surface area contributed by atoms with Crippen molar-refractivity contribution in [1.82, 2.24) is 15.1 Å². The van der Waals surface area contributed by atoms with Gasteiger partial charge in [0.1, 0.15) is 0 Å². The first kappa shape index (κ1) is 14.3. The van der Waals surface area contributed by atoms with Gasteiger partial charge in [-0.15, -0.1) is 0 Å². The summed E-state index contributed by atoms with van der Waals surface area (Å²) in [6, 6.07) is 0.454. The van der Waals surface area contributed by atoms with Crippen LogP contribution in [-0.2, 0) is 4.79 Å². The molecule has 1 spiro atoms. The van der Waals surface area contributed by atoms with Gasteiger partial charge in [0.25, 0.3) is 0 Å². The predicted octanol–water partition coefficient (Wildman–Crippen LogP) is 1.81. The SMILES string of the molecule is CCCN1CCC(N2C(=O)C3(CC3)NC2C(C)C)CC1. The minimum absolute atomic E-state index is 0.157. The summed E-state index contributed by atoms with van der Waals surface area (Å²) in [5.41, 5.74) is -0.157. The van der Waals surface area contributed by atoms with Crippen molar-refractivity contribution in [3.8, 4) is 0 Å². The monoisotopic (exact) mass is 279 g/mol. The zero-order valence-electron chi connectivity index (χ0n) is 13.2. The summed E-state index contributed by atoms with van der Waals surface area (Å²) in [5, 5.41) is 3.64. The van der Waals surface area contributed by atoms with E-state index in [1.165, 1.54) is 13.0 Å². The largest absolute Gasteiger partial charge is 0.322 e. The zero-order valence-corrected chi connectivity index (χ0v) is 13.2. The third-order valence-corrected chi connectivity index (χ3v) is 5.24. The molecule has 2 heterocycles. The van der Waals surface area contributed by atoms with Gasteiger partial charge in [0.2, 0.25) is 5.91 Å². The second-order valence-corrected chi connectivity index (χ2v) is 7.20. The van der Waals surface area contributed by atoms with Gasteiger partial charge in [-0.1, -0.05) is 20.8 Å². The van der Waals surface area contributed by atoms with Gasteiger partial charge in [0.15, 0.2) is 0 Å². The second kappa shape index (κ2) is 5.30. The van der Waals surface area contributed by atoms with E-state index < -0.39 is 0 Å². The molecule has 4 nitrogen and oxygen atoms in total. The number of carbonyl (C=O) groups excluding carboxylic acids is 1. The lowest BCUT2D eigenvalue weighted by atomic mass is 10.0. The van der Waals surface area contributed by atoms with Crippen molar-refractivity contribution in [2.45, 2.75) is 70.6 Å². The van der Waals surface area contributed by atoms with Crippen LogP contribution in [-0.4, -0.2) is 53.1 Å². The summed E-state index contributed by atoms with van der Waals surface area (Å²) >= 11 is 0. The molecule has 0 aromatic carbocycles. The highest BCUT2D eigenvalue weighted by atomic mass is 16.2. The Bertz CT molecular complexity index is 370. The molecule has 3 aliphatic rings. The summed E-state index contributed by atoms with van der Waals surface area (Å²) < 4.78 is 0. The van der Waals surface area contributed by atoms with E-state index in [2.05, 4.69) is 35.9 Å². The Labute approximate surface area is 122 Å². The van der Waals surface area contributed by atoms with Gasteiger partial charge in [0.05, 0.1) is 11.7 Å². The van der Waals surface area contributed by atoms with Crippen LogP contribution >= 0.6 is 0 Å². The normalized spacial score (nSPS) is 30.7. The maximum absolute atomic E-state index is 12.8. The van der Waals surface area contributed by atoms with Crippen LogP contribution in [0.4, 0.5) is 0 Å². The zero-order chi connectivity index (χ0) is 14.3. The molecule has 3 rings (SSSR count). The molecule has 114 valence electrons. The number of piperidine rings is 1. The minimum Gasteiger partial charge on any atom is -0.322 e. The van der Waals surface area contributed by atoms with Crippen LogP contribution in [0.1, 0.15) is 52.9 Å². The van der Waals surface area contributed by atoms with Gasteiger partial charge < -0.3 is 9.80 Å². The van der Waals surface area contributed by atoms with Crippen LogP contribution in [0.15, 0.2) is 0 Å². The molecule has 1 unspecified atom stereocenters. The van der Waals surface area contributed by atoms with E-state index in [0.717, 1.165) is 38.8 Å². The van der Waals surface area contributed by atoms with Gasteiger partial charge in [0, 0.05) is 19.1 Å². The summed E-state index contributed by atoms with van der Waals surface area (Å²) in [4.78, 5) is 17.5. The van der Waals surface area contributed by atoms with Crippen molar-refractivity contribution in [3.05, 3.63) is 0 Å². The van der Waals surface area contributed by atoms with Gasteiger partial charge in [-0.2, -0.15) is 0 Å². The minimum atomic E-state index is -0.157. The van der Waals surface area contributed by atoms with E-state index in [0.29, 0.717) is 17.9 Å². The molecule has 20 heavy (non-hydrogen) atoms.